The van der Waals surface area contributed by atoms with Crippen molar-refractivity contribution in [2.24, 2.45) is 0 Å². The van der Waals surface area contributed by atoms with E-state index in [9.17, 15) is 10.1 Å². The summed E-state index contributed by atoms with van der Waals surface area (Å²) < 4.78 is 2.46. The molecular formula is C23H13Cl2N3OS. The molecule has 0 radical (unpaired) electrons. The Morgan fingerprint density at radius 3 is 2.50 bits per heavy atom. The zero-order valence-corrected chi connectivity index (χ0v) is 17.7. The van der Waals surface area contributed by atoms with Crippen LogP contribution in [0.15, 0.2) is 77.7 Å². The molecule has 0 aliphatic rings. The van der Waals surface area contributed by atoms with E-state index in [1.165, 1.54) is 15.9 Å². The summed E-state index contributed by atoms with van der Waals surface area (Å²) >= 11 is 13.6. The van der Waals surface area contributed by atoms with Crippen molar-refractivity contribution >= 4 is 46.2 Å². The lowest BCUT2D eigenvalue weighted by atomic mass is 10.2. The van der Waals surface area contributed by atoms with Crippen molar-refractivity contribution in [2.45, 2.75) is 0 Å². The Hall–Kier alpha value is -3.17. The highest BCUT2D eigenvalue weighted by Gasteiger charge is 2.14. The molecule has 2 aromatic heterocycles. The number of benzene rings is 2. The van der Waals surface area contributed by atoms with E-state index < -0.39 is 0 Å². The number of pyridine rings is 1. The first kappa shape index (κ1) is 20.1. The highest BCUT2D eigenvalue weighted by molar-refractivity contribution is 7.07. The van der Waals surface area contributed by atoms with Gasteiger partial charge in [0.05, 0.1) is 26.0 Å². The van der Waals surface area contributed by atoms with Gasteiger partial charge in [0.25, 0.3) is 5.56 Å². The van der Waals surface area contributed by atoms with Crippen LogP contribution < -0.4 is 14.8 Å². The molecule has 0 fully saturated rings. The molecule has 30 heavy (non-hydrogen) atoms. The first-order chi connectivity index (χ1) is 14.6. The van der Waals surface area contributed by atoms with Gasteiger partial charge in [-0.15, -0.1) is 11.3 Å². The Kier molecular flexibility index (Phi) is 5.82. The predicted octanol–water partition coefficient (Wildman–Crippen LogP) is 4.15. The minimum absolute atomic E-state index is 0.249. The third kappa shape index (κ3) is 3.81. The summed E-state index contributed by atoms with van der Waals surface area (Å²) in [6.45, 7) is 0. The molecule has 7 heteroatoms. The summed E-state index contributed by atoms with van der Waals surface area (Å²) in [7, 11) is 0. The monoisotopic (exact) mass is 449 g/mol. The molecule has 0 saturated carbocycles. The van der Waals surface area contributed by atoms with Crippen LogP contribution in [-0.2, 0) is 0 Å². The molecule has 4 nitrogen and oxygen atoms in total. The lowest BCUT2D eigenvalue weighted by Crippen LogP contribution is -2.30. The number of thiazole rings is 1. The molecule has 0 amide bonds. The van der Waals surface area contributed by atoms with E-state index in [1.54, 1.807) is 48.7 Å². The van der Waals surface area contributed by atoms with Gasteiger partial charge in [-0.3, -0.25) is 14.3 Å². The molecule has 0 bridgehead atoms. The van der Waals surface area contributed by atoms with Crippen LogP contribution in [0.2, 0.25) is 10.0 Å². The standard InChI is InChI=1S/C23H13Cl2N3OS/c24-18-10-6-7-15(21(18)25)13-20-22(29)28(16-8-2-1-3-9-16)23(30-20)17(14-26)19-11-4-5-12-27-19/h1-13H. The van der Waals surface area contributed by atoms with Gasteiger partial charge in [0, 0.05) is 6.20 Å². The van der Waals surface area contributed by atoms with Crippen molar-refractivity contribution in [3.63, 3.8) is 0 Å². The van der Waals surface area contributed by atoms with Crippen molar-refractivity contribution in [3.8, 4) is 11.8 Å². The fourth-order valence-electron chi connectivity index (χ4n) is 2.96. The van der Waals surface area contributed by atoms with Gasteiger partial charge in [-0.05, 0) is 42.0 Å². The Balaban J connectivity index is 2.12. The highest BCUT2D eigenvalue weighted by Crippen LogP contribution is 2.25. The van der Waals surface area contributed by atoms with E-state index >= 15 is 0 Å². The average molecular weight is 450 g/mol. The summed E-state index contributed by atoms with van der Waals surface area (Å²) in [6, 6.07) is 22.0. The van der Waals surface area contributed by atoms with Crippen molar-refractivity contribution in [1.82, 2.24) is 9.55 Å². The van der Waals surface area contributed by atoms with Gasteiger partial charge in [-0.2, -0.15) is 5.26 Å². The van der Waals surface area contributed by atoms with E-state index in [0.717, 1.165) is 0 Å². The van der Waals surface area contributed by atoms with Crippen LogP contribution in [0.3, 0.4) is 0 Å². The van der Waals surface area contributed by atoms with Crippen LogP contribution in [0.1, 0.15) is 11.3 Å². The number of halogens is 2. The molecule has 0 spiro atoms. The van der Waals surface area contributed by atoms with Gasteiger partial charge < -0.3 is 0 Å². The second-order valence-corrected chi connectivity index (χ2v) is 8.05. The molecule has 2 aromatic carbocycles. The quantitative estimate of drug-likeness (QED) is 0.471. The zero-order chi connectivity index (χ0) is 21.1. The Morgan fingerprint density at radius 1 is 1.03 bits per heavy atom. The van der Waals surface area contributed by atoms with E-state index in [0.29, 0.717) is 41.8 Å². The minimum atomic E-state index is -0.249. The van der Waals surface area contributed by atoms with Crippen LogP contribution in [0, 0.1) is 11.3 Å². The van der Waals surface area contributed by atoms with Crippen LogP contribution in [0.25, 0.3) is 17.3 Å². The van der Waals surface area contributed by atoms with Gasteiger partial charge >= 0.3 is 0 Å². The van der Waals surface area contributed by atoms with Crippen LogP contribution in [0.4, 0.5) is 0 Å². The SMILES string of the molecule is N#CC(c1ccccn1)=c1sc(=Cc2cccc(Cl)c2Cl)c(=O)n1-c1ccccc1. The molecule has 146 valence electrons. The average Bonchev–Trinajstić information content (AvgIpc) is 3.09. The Bertz CT molecular complexity index is 1440. The second-order valence-electron chi connectivity index (χ2n) is 6.24. The van der Waals surface area contributed by atoms with Gasteiger partial charge in [0.2, 0.25) is 0 Å². The van der Waals surface area contributed by atoms with Gasteiger partial charge in [0.15, 0.2) is 0 Å². The number of rotatable bonds is 3. The number of nitriles is 1. The summed E-state index contributed by atoms with van der Waals surface area (Å²) in [6.07, 6.45) is 3.31. The van der Waals surface area contributed by atoms with E-state index in [4.69, 9.17) is 23.2 Å². The van der Waals surface area contributed by atoms with Gasteiger partial charge in [0.1, 0.15) is 16.3 Å². The molecule has 0 unspecified atom stereocenters. The molecule has 0 N–H and O–H groups in total. The van der Waals surface area contributed by atoms with Crippen molar-refractivity contribution in [2.75, 3.05) is 0 Å². The van der Waals surface area contributed by atoms with Crippen LogP contribution >= 0.6 is 34.5 Å². The molecule has 2 heterocycles. The van der Waals surface area contributed by atoms with E-state index in [-0.39, 0.29) is 5.56 Å². The number of para-hydroxylation sites is 1. The minimum Gasteiger partial charge on any atom is -0.267 e. The molecule has 0 saturated heterocycles. The molecule has 4 aromatic rings. The Labute approximate surface area is 186 Å². The summed E-state index contributed by atoms with van der Waals surface area (Å²) in [5, 5.41) is 10.7. The second kappa shape index (κ2) is 8.68. The topological polar surface area (TPSA) is 58.7 Å². The fraction of sp³-hybridized carbons (Fsp3) is 0. The van der Waals surface area contributed by atoms with Crippen LogP contribution in [0.5, 0.6) is 0 Å². The Morgan fingerprint density at radius 2 is 1.80 bits per heavy atom. The first-order valence-electron chi connectivity index (χ1n) is 8.89. The maximum Gasteiger partial charge on any atom is 0.273 e. The maximum atomic E-state index is 13.4. The normalized spacial score (nSPS) is 12.5. The lowest BCUT2D eigenvalue weighted by Gasteiger charge is -2.03. The molecular weight excluding hydrogens is 437 g/mol. The lowest BCUT2D eigenvalue weighted by molar-refractivity contribution is 0.985. The fourth-order valence-corrected chi connectivity index (χ4v) is 4.43. The highest BCUT2D eigenvalue weighted by atomic mass is 35.5. The van der Waals surface area contributed by atoms with Crippen molar-refractivity contribution < 1.29 is 0 Å². The van der Waals surface area contributed by atoms with Crippen molar-refractivity contribution in [1.29, 1.82) is 5.26 Å². The van der Waals surface area contributed by atoms with Gasteiger partial charge in [-0.1, -0.05) is 59.6 Å². The smallest absolute Gasteiger partial charge is 0.267 e. The van der Waals surface area contributed by atoms with Gasteiger partial charge in [-0.25, -0.2) is 0 Å². The summed E-state index contributed by atoms with van der Waals surface area (Å²) in [4.78, 5) is 17.7. The number of hydrogen-bond donors (Lipinski definition) is 0. The largest absolute Gasteiger partial charge is 0.273 e. The molecule has 4 rings (SSSR count). The van der Waals surface area contributed by atoms with E-state index in [1.807, 2.05) is 30.3 Å². The van der Waals surface area contributed by atoms with E-state index in [2.05, 4.69) is 11.1 Å². The van der Waals surface area contributed by atoms with Crippen molar-refractivity contribution in [3.05, 3.63) is 114 Å². The number of nitrogens with zero attached hydrogens (tertiary/aromatic N) is 3. The number of hydrogen-bond acceptors (Lipinski definition) is 4. The number of aromatic nitrogens is 2. The molecule has 0 aliphatic carbocycles. The predicted molar refractivity (Wildman–Crippen MR) is 122 cm³/mol. The maximum absolute atomic E-state index is 13.4. The third-order valence-electron chi connectivity index (χ3n) is 4.35. The summed E-state index contributed by atoms with van der Waals surface area (Å²) in [5.74, 6) is 0. The zero-order valence-electron chi connectivity index (χ0n) is 15.4. The van der Waals surface area contributed by atoms with Crippen LogP contribution in [-0.4, -0.2) is 9.55 Å². The molecule has 0 atom stereocenters. The summed E-state index contributed by atoms with van der Waals surface area (Å²) in [5.41, 5.74) is 1.86. The molecule has 0 aliphatic heterocycles. The first-order valence-corrected chi connectivity index (χ1v) is 10.5. The third-order valence-corrected chi connectivity index (χ3v) is 6.28.